The van der Waals surface area contributed by atoms with Gasteiger partial charge in [0.15, 0.2) is 23.1 Å². The normalized spacial score (nSPS) is 22.2. The van der Waals surface area contributed by atoms with Crippen LogP contribution in [0.15, 0.2) is 109 Å². The molecule has 0 heterocycles. The maximum absolute atomic E-state index is 12.4. The zero-order chi connectivity index (χ0) is 68.5. The van der Waals surface area contributed by atoms with E-state index in [1.54, 1.807) is 62.4 Å². The smallest absolute Gasteiger partial charge is 0.338 e. The Bertz CT molecular complexity index is 3080. The summed E-state index contributed by atoms with van der Waals surface area (Å²) in [5.41, 5.74) is 11.6. The summed E-state index contributed by atoms with van der Waals surface area (Å²) in [5, 5.41) is 56.0. The second-order valence-corrected chi connectivity index (χ2v) is 26.3. The Hall–Kier alpha value is -7.18. The highest BCUT2D eigenvalue weighted by atomic mass is 16.5. The lowest BCUT2D eigenvalue weighted by Crippen LogP contribution is -2.62. The average molecular weight is 1270 g/mol. The molecule has 3 saturated carbocycles. The van der Waals surface area contributed by atoms with Crippen LogP contribution in [0.25, 0.3) is 0 Å². The summed E-state index contributed by atoms with van der Waals surface area (Å²) in [6.07, 6.45) is 14.7. The van der Waals surface area contributed by atoms with Crippen molar-refractivity contribution < 1.29 is 63.8 Å². The van der Waals surface area contributed by atoms with Crippen LogP contribution in [0.4, 0.5) is 11.4 Å². The number of para-hydroxylation sites is 1. The summed E-state index contributed by atoms with van der Waals surface area (Å²) in [6, 6.07) is 25.6. The number of carbonyl (C=O) groups excluding carboxylic acids is 5. The van der Waals surface area contributed by atoms with Crippen LogP contribution in [0.2, 0.25) is 0 Å². The highest BCUT2D eigenvalue weighted by Gasteiger charge is 2.68. The highest BCUT2D eigenvalue weighted by molar-refractivity contribution is 5.94. The van der Waals surface area contributed by atoms with Crippen molar-refractivity contribution in [3.05, 3.63) is 142 Å². The number of ether oxygens (including phenoxy) is 2. The summed E-state index contributed by atoms with van der Waals surface area (Å²) >= 11 is 0. The molecule has 17 nitrogen and oxygen atoms in total. The molecule has 17 heteroatoms. The van der Waals surface area contributed by atoms with E-state index in [1.807, 2.05) is 63.2 Å². The van der Waals surface area contributed by atoms with Crippen molar-refractivity contribution in [1.29, 1.82) is 0 Å². The number of nitrogens with zero attached hydrogens (tertiary/aromatic N) is 1. The summed E-state index contributed by atoms with van der Waals surface area (Å²) < 4.78 is 9.83. The van der Waals surface area contributed by atoms with Gasteiger partial charge in [-0.1, -0.05) is 122 Å². The number of rotatable bonds is 22. The van der Waals surface area contributed by atoms with E-state index in [0.717, 1.165) is 92.4 Å². The molecular weight excluding hydrogens is 1160 g/mol. The number of aliphatic hydroxyl groups is 3. The van der Waals surface area contributed by atoms with E-state index in [2.05, 4.69) is 76.2 Å². The predicted molar refractivity (Wildman–Crippen MR) is 364 cm³/mol. The number of carboxylic acid groups (broad SMARTS) is 1. The van der Waals surface area contributed by atoms with Gasteiger partial charge in [0, 0.05) is 36.2 Å². The van der Waals surface area contributed by atoms with E-state index in [-0.39, 0.29) is 52.5 Å². The number of likely N-dealkylation sites (N-methyl/N-ethyl adjacent to an activating group) is 1. The van der Waals surface area contributed by atoms with Crippen LogP contribution in [0, 0.1) is 54.3 Å². The molecule has 0 spiro atoms. The topological polar surface area (TPSA) is 275 Å². The van der Waals surface area contributed by atoms with Crippen LogP contribution in [0.5, 0.6) is 11.5 Å². The number of nitrogens with one attached hydrogen (secondary N) is 2. The van der Waals surface area contributed by atoms with E-state index >= 15 is 0 Å². The molecule has 4 aliphatic rings. The number of amides is 2. The maximum atomic E-state index is 12.4. The molecule has 4 aliphatic carbocycles. The van der Waals surface area contributed by atoms with E-state index in [0.29, 0.717) is 74.2 Å². The number of benzene rings is 4. The number of esters is 1. The lowest BCUT2D eigenvalue weighted by molar-refractivity contribution is -0.182. The fourth-order valence-corrected chi connectivity index (χ4v) is 13.5. The van der Waals surface area contributed by atoms with Crippen molar-refractivity contribution in [1.82, 2.24) is 10.2 Å². The van der Waals surface area contributed by atoms with E-state index < -0.39 is 41.4 Å². The predicted octanol–water partition coefficient (Wildman–Crippen LogP) is 12.7. The number of nitrogens with two attached hydrogens (primary N) is 1. The summed E-state index contributed by atoms with van der Waals surface area (Å²) in [4.78, 5) is 71.9. The number of methoxy groups -OCH3 is 1. The molecule has 4 aromatic rings. The van der Waals surface area contributed by atoms with Crippen molar-refractivity contribution in [2.75, 3.05) is 51.0 Å². The van der Waals surface area contributed by atoms with Gasteiger partial charge in [-0.2, -0.15) is 0 Å². The molecule has 92 heavy (non-hydrogen) atoms. The largest absolute Gasteiger partial charge is 0.504 e. The molecule has 9 N–H and O–H groups in total. The first-order valence-electron chi connectivity index (χ1n) is 33.0. The summed E-state index contributed by atoms with van der Waals surface area (Å²) in [6.45, 7) is 26.9. The first kappa shape index (κ1) is 77.3. The van der Waals surface area contributed by atoms with Crippen molar-refractivity contribution in [2.45, 2.75) is 184 Å². The molecule has 0 saturated heterocycles. The number of nitrogen functional groups attached to an aromatic ring is 1. The third-order valence-corrected chi connectivity index (χ3v) is 18.9. The molecule has 0 aromatic heterocycles. The number of anilines is 2. The Morgan fingerprint density at radius 1 is 0.837 bits per heavy atom. The van der Waals surface area contributed by atoms with Gasteiger partial charge in [0.25, 0.3) is 0 Å². The number of carboxylic acids is 1. The highest BCUT2D eigenvalue weighted by Crippen LogP contribution is 2.67. The molecule has 2 amide bonds. The van der Waals surface area contributed by atoms with E-state index in [4.69, 9.17) is 20.3 Å². The number of Topliss-reactive ketones (excluding diaryl/α,β-unsaturated/α-hetero) is 1. The number of carbonyl (C=O) groups is 6. The van der Waals surface area contributed by atoms with Gasteiger partial charge in [0.2, 0.25) is 11.8 Å². The fraction of sp³-hybridized carbons (Fsp3) is 0.547. The van der Waals surface area contributed by atoms with Crippen molar-refractivity contribution in [2.24, 2.45) is 40.4 Å². The molecular formula is C75H108N4O13. The molecule has 0 aliphatic heterocycles. The Morgan fingerprint density at radius 3 is 2.05 bits per heavy atom. The number of aliphatic carboxylic acids is 1. The van der Waals surface area contributed by atoms with E-state index in [9.17, 15) is 49.2 Å². The number of phenolic OH excluding ortho intramolecular Hbond substituents is 1. The molecule has 0 radical (unpaired) electrons. The fourth-order valence-electron chi connectivity index (χ4n) is 13.5. The molecule has 1 unspecified atom stereocenters. The van der Waals surface area contributed by atoms with E-state index in [1.165, 1.54) is 18.2 Å². The standard InChI is InChI=1S/C21H30O5.C18H27NO3.C14H22N2O.C13H18O2.C9H11NO2/c1-19-7-5-13(23)9-12(19)3-4-14-15-6-8-21(26,17(25)11-22)20(15,2)10-16(24)18(14)19;1-14(2)8-6-4-5-7-9-18(21)19-13-15-10-11-16(20)17(12-15)22-3;1-5-16(6-2)10-13(17)15-14-11(3)8-7-9-12(14)4;1-9(2)8-11-4-6-12(7-5-11)10(3)13(14)15;1-2-12-9(11)7-3-5-8(10)6-4-7/h9,14-16,18,22,24,26H,3-8,10-11H2,1-2H3;6,8,10-12,14,20H,4-5,7,9,13H2,1-3H3,(H,19,21);7-9H,5-6,10H2,1-4H3,(H,15,17);4-7,9-10H,8H2,1-3H3,(H,14,15);3-6H,2,10H2,1H3/b;8-6+;;;/t14-,15-,16-,18+,19-,20-,21-;;;;/m0..../s1. The molecule has 8 rings (SSSR count). The maximum Gasteiger partial charge on any atom is 0.338 e. The lowest BCUT2D eigenvalue weighted by Gasteiger charge is -2.60. The van der Waals surface area contributed by atoms with Crippen LogP contribution in [-0.4, -0.2) is 117 Å². The minimum Gasteiger partial charge on any atom is -0.504 e. The number of unbranched alkanes of at least 4 members (excludes halogenated alkanes) is 2. The van der Waals surface area contributed by atoms with Gasteiger partial charge in [0.1, 0.15) is 12.2 Å². The number of aromatic hydroxyl groups is 1. The number of ketones is 2. The third-order valence-electron chi connectivity index (χ3n) is 18.9. The number of hydrogen-bond donors (Lipinski definition) is 8. The van der Waals surface area contributed by atoms with Crippen LogP contribution in [-0.2, 0) is 41.7 Å². The lowest BCUT2D eigenvalue weighted by atomic mass is 9.45. The summed E-state index contributed by atoms with van der Waals surface area (Å²) in [5.74, 6) is 0.503. The number of aliphatic hydroxyl groups excluding tert-OH is 2. The minimum atomic E-state index is -1.54. The molecule has 8 atom stereocenters. The van der Waals surface area contributed by atoms with Crippen molar-refractivity contribution >= 4 is 46.7 Å². The SMILES string of the molecule is CC(C)Cc1ccc(C(C)C(=O)O)cc1.CCN(CC)CC(=O)Nc1c(C)cccc1C.CCOC(=O)c1ccc(N)cc1.COc1cc(CNC(=O)CCCC/C=C/C(C)C)ccc1O.C[C@]12CCC(=O)C=C1CC[C@@H]1[C@@H]2[C@@H](O)C[C@@]2(C)[C@H]1CC[C@]2(O)C(=O)CO. The molecule has 506 valence electrons. The first-order valence-corrected chi connectivity index (χ1v) is 33.0. The minimum absolute atomic E-state index is 0.0554. The van der Waals surface area contributed by atoms with Crippen molar-refractivity contribution in [3.63, 3.8) is 0 Å². The van der Waals surface area contributed by atoms with Gasteiger partial charge >= 0.3 is 11.9 Å². The van der Waals surface area contributed by atoms with Crippen LogP contribution < -0.4 is 21.1 Å². The van der Waals surface area contributed by atoms with Crippen molar-refractivity contribution in [3.8, 4) is 11.5 Å². The number of fused-ring (bicyclic) bond motifs is 5. The molecule has 0 bridgehead atoms. The monoisotopic (exact) mass is 1270 g/mol. The quantitative estimate of drug-likeness (QED) is 0.0157. The first-order chi connectivity index (χ1) is 43.5. The zero-order valence-electron chi connectivity index (χ0n) is 57.1. The number of allylic oxidation sites excluding steroid dienone is 3. The van der Waals surface area contributed by atoms with Gasteiger partial charge in [0.05, 0.1) is 37.8 Å². The number of hydrogen-bond acceptors (Lipinski definition) is 14. The van der Waals surface area contributed by atoms with Gasteiger partial charge in [-0.15, -0.1) is 0 Å². The van der Waals surface area contributed by atoms with Gasteiger partial charge in [-0.05, 0) is 210 Å². The Labute approximate surface area is 547 Å². The van der Waals surface area contributed by atoms with Crippen LogP contribution in [0.3, 0.4) is 0 Å². The second-order valence-electron chi connectivity index (χ2n) is 26.3. The van der Waals surface area contributed by atoms with Gasteiger partial charge < -0.3 is 51.4 Å². The second kappa shape index (κ2) is 36.9. The molecule has 3 fully saturated rings. The number of phenols is 1. The van der Waals surface area contributed by atoms with Gasteiger partial charge in [-0.25, -0.2) is 4.79 Å². The Kier molecular flexibility index (Phi) is 31.0. The van der Waals surface area contributed by atoms with Crippen LogP contribution in [0.1, 0.15) is 184 Å². The summed E-state index contributed by atoms with van der Waals surface area (Å²) in [7, 11) is 1.51. The van der Waals surface area contributed by atoms with Crippen LogP contribution >= 0.6 is 0 Å². The molecule has 4 aromatic carbocycles. The Balaban J connectivity index is 0.000000252. The third kappa shape index (κ3) is 21.7. The average Bonchev–Trinajstić information content (AvgIpc) is 1.41. The van der Waals surface area contributed by atoms with Gasteiger partial charge in [-0.3, -0.25) is 28.9 Å². The Morgan fingerprint density at radius 2 is 1.48 bits per heavy atom. The number of aryl methyl sites for hydroxylation is 2. The zero-order valence-corrected chi connectivity index (χ0v) is 57.1.